The van der Waals surface area contributed by atoms with Gasteiger partial charge in [-0.3, -0.25) is 13.9 Å². The molecule has 118 valence electrons. The highest BCUT2D eigenvalue weighted by Crippen LogP contribution is 2.35. The lowest BCUT2D eigenvalue weighted by Gasteiger charge is -2.19. The third kappa shape index (κ3) is 2.39. The molecule has 0 bridgehead atoms. The fraction of sp³-hybridized carbons (Fsp3) is 0.125. The van der Waals surface area contributed by atoms with Crippen LogP contribution in [-0.2, 0) is 14.8 Å². The summed E-state index contributed by atoms with van der Waals surface area (Å²) in [6, 6.07) is 10.5. The Kier molecular flexibility index (Phi) is 3.45. The van der Waals surface area contributed by atoms with Crippen LogP contribution < -0.4 is 9.04 Å². The van der Waals surface area contributed by atoms with E-state index in [1.165, 1.54) is 32.2 Å². The molecule has 1 heterocycles. The summed E-state index contributed by atoms with van der Waals surface area (Å²) in [5, 5.41) is 0. The van der Waals surface area contributed by atoms with Gasteiger partial charge in [0.05, 0.1) is 5.69 Å². The lowest BCUT2D eigenvalue weighted by Crippen LogP contribution is -2.26. The Labute approximate surface area is 133 Å². The number of hydrogen-bond acceptors (Lipinski definition) is 5. The van der Waals surface area contributed by atoms with E-state index in [-0.39, 0.29) is 16.2 Å². The van der Waals surface area contributed by atoms with Gasteiger partial charge in [-0.25, -0.2) is 8.42 Å². The van der Waals surface area contributed by atoms with Crippen LogP contribution in [0.5, 0.6) is 5.75 Å². The molecule has 2 aromatic carbocycles. The van der Waals surface area contributed by atoms with E-state index >= 15 is 0 Å². The zero-order valence-corrected chi connectivity index (χ0v) is 13.3. The van der Waals surface area contributed by atoms with Crippen molar-refractivity contribution in [2.75, 3.05) is 11.4 Å². The van der Waals surface area contributed by atoms with E-state index in [2.05, 4.69) is 0 Å². The van der Waals surface area contributed by atoms with E-state index in [1.54, 1.807) is 24.3 Å². The molecule has 0 spiro atoms. The second kappa shape index (κ2) is 5.20. The number of ether oxygens (including phenoxy) is 1. The fourth-order valence-electron chi connectivity index (χ4n) is 2.50. The van der Waals surface area contributed by atoms with Crippen LogP contribution in [0.25, 0.3) is 0 Å². The maximum atomic E-state index is 12.8. The number of sulfonamides is 1. The minimum absolute atomic E-state index is 0.0534. The predicted molar refractivity (Wildman–Crippen MR) is 83.2 cm³/mol. The zero-order valence-electron chi connectivity index (χ0n) is 12.4. The molecule has 23 heavy (non-hydrogen) atoms. The number of benzene rings is 2. The van der Waals surface area contributed by atoms with Gasteiger partial charge >= 0.3 is 5.97 Å². The summed E-state index contributed by atoms with van der Waals surface area (Å²) in [4.78, 5) is 23.6. The zero-order chi connectivity index (χ0) is 16.8. The summed E-state index contributed by atoms with van der Waals surface area (Å²) >= 11 is 0. The SMILES string of the molecule is CC(=O)Oc1ccc2c(c1)S(=O)(=O)N(C)c1ccccc1C2=O. The van der Waals surface area contributed by atoms with Gasteiger partial charge in [-0.05, 0) is 24.3 Å². The molecular weight excluding hydrogens is 318 g/mol. The molecule has 0 aliphatic carbocycles. The van der Waals surface area contributed by atoms with Crippen molar-refractivity contribution >= 4 is 27.5 Å². The number of carbonyl (C=O) groups excluding carboxylic acids is 2. The second-order valence-corrected chi connectivity index (χ2v) is 7.01. The highest BCUT2D eigenvalue weighted by Gasteiger charge is 2.34. The summed E-state index contributed by atoms with van der Waals surface area (Å²) in [5.74, 6) is -0.885. The van der Waals surface area contributed by atoms with Crippen LogP contribution >= 0.6 is 0 Å². The van der Waals surface area contributed by atoms with Gasteiger partial charge in [-0.2, -0.15) is 0 Å². The largest absolute Gasteiger partial charge is 0.427 e. The standard InChI is InChI=1S/C16H13NO5S/c1-10(18)22-11-7-8-13-15(9-11)23(20,21)17(2)14-6-4-3-5-12(14)16(13)19/h3-9H,1-2H3. The van der Waals surface area contributed by atoms with Crippen LogP contribution in [-0.4, -0.2) is 27.2 Å². The molecule has 0 aromatic heterocycles. The minimum atomic E-state index is -3.94. The van der Waals surface area contributed by atoms with E-state index in [1.807, 2.05) is 0 Å². The molecule has 0 unspecified atom stereocenters. The minimum Gasteiger partial charge on any atom is -0.427 e. The Balaban J connectivity index is 2.30. The highest BCUT2D eigenvalue weighted by atomic mass is 32.2. The highest BCUT2D eigenvalue weighted by molar-refractivity contribution is 7.93. The smallest absolute Gasteiger partial charge is 0.308 e. The van der Waals surface area contributed by atoms with Crippen molar-refractivity contribution in [3.8, 4) is 5.75 Å². The van der Waals surface area contributed by atoms with Crippen LogP contribution in [0.15, 0.2) is 47.4 Å². The van der Waals surface area contributed by atoms with Crippen molar-refractivity contribution in [3.05, 3.63) is 53.6 Å². The molecule has 1 aliphatic rings. The van der Waals surface area contributed by atoms with Crippen molar-refractivity contribution in [2.24, 2.45) is 0 Å². The third-order valence-corrected chi connectivity index (χ3v) is 5.40. The second-order valence-electron chi connectivity index (χ2n) is 5.07. The molecule has 0 fully saturated rings. The number of hydrogen-bond donors (Lipinski definition) is 0. The molecule has 0 atom stereocenters. The summed E-state index contributed by atoms with van der Waals surface area (Å²) in [6.45, 7) is 1.22. The molecule has 0 radical (unpaired) electrons. The Morgan fingerprint density at radius 2 is 1.78 bits per heavy atom. The van der Waals surface area contributed by atoms with E-state index in [0.717, 1.165) is 4.31 Å². The van der Waals surface area contributed by atoms with Crippen molar-refractivity contribution < 1.29 is 22.7 Å². The first kappa shape index (κ1) is 15.2. The van der Waals surface area contributed by atoms with Crippen LogP contribution in [0.1, 0.15) is 22.8 Å². The fourth-order valence-corrected chi connectivity index (χ4v) is 3.91. The maximum absolute atomic E-state index is 12.8. The normalized spacial score (nSPS) is 15.4. The van der Waals surface area contributed by atoms with Gasteiger partial charge in [-0.15, -0.1) is 0 Å². The summed E-state index contributed by atoms with van der Waals surface area (Å²) in [7, 11) is -2.56. The van der Waals surface area contributed by atoms with Crippen LogP contribution in [0, 0.1) is 0 Å². The number of rotatable bonds is 1. The lowest BCUT2D eigenvalue weighted by atomic mass is 10.0. The number of anilines is 1. The Morgan fingerprint density at radius 3 is 2.48 bits per heavy atom. The number of ketones is 1. The first-order valence-corrected chi connectivity index (χ1v) is 8.21. The summed E-state index contributed by atoms with van der Waals surface area (Å²) < 4.78 is 31.6. The molecule has 6 nitrogen and oxygen atoms in total. The molecule has 0 N–H and O–H groups in total. The van der Waals surface area contributed by atoms with E-state index in [4.69, 9.17) is 4.74 Å². The molecule has 3 rings (SSSR count). The van der Waals surface area contributed by atoms with Crippen molar-refractivity contribution in [1.82, 2.24) is 0 Å². The first-order chi connectivity index (χ1) is 10.8. The Morgan fingerprint density at radius 1 is 1.09 bits per heavy atom. The van der Waals surface area contributed by atoms with Gasteiger partial charge < -0.3 is 4.74 Å². The van der Waals surface area contributed by atoms with E-state index < -0.39 is 21.8 Å². The number of fused-ring (bicyclic) bond motifs is 2. The molecule has 7 heteroatoms. The molecule has 2 aromatic rings. The van der Waals surface area contributed by atoms with Gasteiger partial charge in [0.1, 0.15) is 10.6 Å². The Hall–Kier alpha value is -2.67. The molecule has 0 saturated heterocycles. The van der Waals surface area contributed by atoms with E-state index in [9.17, 15) is 18.0 Å². The summed E-state index contributed by atoms with van der Waals surface area (Å²) in [5.41, 5.74) is 0.665. The van der Waals surface area contributed by atoms with Gasteiger partial charge in [0.25, 0.3) is 10.0 Å². The van der Waals surface area contributed by atoms with Crippen LogP contribution in [0.2, 0.25) is 0 Å². The molecule has 0 amide bonds. The average Bonchev–Trinajstić information content (AvgIpc) is 2.57. The Bertz CT molecular complexity index is 933. The number of para-hydroxylation sites is 1. The quantitative estimate of drug-likeness (QED) is 0.589. The van der Waals surface area contributed by atoms with Crippen molar-refractivity contribution in [1.29, 1.82) is 0 Å². The summed E-state index contributed by atoms with van der Waals surface area (Å²) in [6.07, 6.45) is 0. The number of esters is 1. The van der Waals surface area contributed by atoms with Gasteiger partial charge in [0, 0.05) is 31.2 Å². The van der Waals surface area contributed by atoms with Crippen molar-refractivity contribution in [2.45, 2.75) is 11.8 Å². The predicted octanol–water partition coefficient (Wildman–Crippen LogP) is 1.98. The van der Waals surface area contributed by atoms with Crippen LogP contribution in [0.3, 0.4) is 0 Å². The van der Waals surface area contributed by atoms with Gasteiger partial charge in [0.15, 0.2) is 5.78 Å². The third-order valence-electron chi connectivity index (χ3n) is 3.59. The number of carbonyl (C=O) groups is 2. The molecule has 0 saturated carbocycles. The monoisotopic (exact) mass is 331 g/mol. The first-order valence-electron chi connectivity index (χ1n) is 6.77. The lowest BCUT2D eigenvalue weighted by molar-refractivity contribution is -0.131. The van der Waals surface area contributed by atoms with Gasteiger partial charge in [-0.1, -0.05) is 12.1 Å². The molecular formula is C16H13NO5S. The number of nitrogens with zero attached hydrogens (tertiary/aromatic N) is 1. The maximum Gasteiger partial charge on any atom is 0.308 e. The average molecular weight is 331 g/mol. The van der Waals surface area contributed by atoms with E-state index in [0.29, 0.717) is 11.3 Å². The van der Waals surface area contributed by atoms with Crippen LogP contribution in [0.4, 0.5) is 5.69 Å². The van der Waals surface area contributed by atoms with Crippen molar-refractivity contribution in [3.63, 3.8) is 0 Å². The van der Waals surface area contributed by atoms with Gasteiger partial charge in [0.2, 0.25) is 0 Å². The topological polar surface area (TPSA) is 80.8 Å². The molecule has 1 aliphatic heterocycles.